The molecule has 8 unspecified atom stereocenters. The molecule has 51 nitrogen and oxygen atoms in total. The smallest absolute Gasteiger partial charge is 0.328 e. The van der Waals surface area contributed by atoms with Gasteiger partial charge in [0.25, 0.3) is 0 Å². The number of hydrazine groups is 1. The van der Waals surface area contributed by atoms with Crippen molar-refractivity contribution in [1.29, 1.82) is 5.41 Å². The largest absolute Gasteiger partial charge is 0.508 e. The Morgan fingerprint density at radius 3 is 0.883 bits per heavy atom. The fraction of sp³-hybridized carbons (Fsp3) is 0.558. The molecule has 760 valence electrons. The maximum absolute atomic E-state index is 14.8. The van der Waals surface area contributed by atoms with Crippen molar-refractivity contribution in [2.75, 3.05) is 52.5 Å². The summed E-state index contributed by atoms with van der Waals surface area (Å²) in [6.07, 6.45) is -3.94. The van der Waals surface area contributed by atoms with Crippen LogP contribution in [0.15, 0.2) is 78.9 Å². The van der Waals surface area contributed by atoms with Gasteiger partial charge in [-0.05, 0) is 156 Å². The number of carbonyl (C=O) groups excluding carboxylic acids is 16. The minimum absolute atomic E-state index is 0.0155. The number of aromatic hydroxyl groups is 2. The summed E-state index contributed by atoms with van der Waals surface area (Å²) in [6.45, 7) is 2.89. The van der Waals surface area contributed by atoms with Crippen LogP contribution in [-0.2, 0) is 110 Å². The number of nitrogens with one attached hydrogen (secondary N) is 18. The molecule has 0 fully saturated rings. The lowest BCUT2D eigenvalue weighted by molar-refractivity contribution is -0.143. The molecule has 0 aliphatic rings. The van der Waals surface area contributed by atoms with Gasteiger partial charge in [0.1, 0.15) is 102 Å². The Labute approximate surface area is 789 Å². The molecular formula is C86H134N24O27. The Kier molecular flexibility index (Phi) is 53.6. The Balaban J connectivity index is 1.94. The van der Waals surface area contributed by atoms with E-state index in [0.29, 0.717) is 29.5 Å². The van der Waals surface area contributed by atoms with E-state index >= 15 is 0 Å². The van der Waals surface area contributed by atoms with Crippen LogP contribution in [0.4, 0.5) is 0 Å². The molecule has 0 aliphatic carbocycles. The lowest BCUT2D eigenvalue weighted by Crippen LogP contribution is -2.62. The molecule has 0 spiro atoms. The van der Waals surface area contributed by atoms with Gasteiger partial charge >= 0.3 is 17.9 Å². The zero-order valence-electron chi connectivity index (χ0n) is 76.7. The third-order valence-corrected chi connectivity index (χ3v) is 20.7. The van der Waals surface area contributed by atoms with Gasteiger partial charge in [0.2, 0.25) is 94.5 Å². The van der Waals surface area contributed by atoms with Crippen molar-refractivity contribution in [2.45, 2.75) is 240 Å². The van der Waals surface area contributed by atoms with Crippen molar-refractivity contribution in [2.24, 2.45) is 46.3 Å². The Morgan fingerprint density at radius 2 is 0.584 bits per heavy atom. The number of hydrogen-bond acceptors (Lipinski definition) is 30. The average Bonchev–Trinajstić information content (AvgIpc) is 0.807. The normalized spacial score (nSPS) is 14.4. The third-order valence-electron chi connectivity index (χ3n) is 20.7. The Morgan fingerprint density at radius 1 is 0.321 bits per heavy atom. The average molecular weight is 1940 g/mol. The van der Waals surface area contributed by atoms with Crippen LogP contribution in [-0.4, -0.2) is 302 Å². The van der Waals surface area contributed by atoms with Gasteiger partial charge in [-0.3, -0.25) is 103 Å². The quantitative estimate of drug-likeness (QED) is 0.00820. The van der Waals surface area contributed by atoms with Crippen molar-refractivity contribution in [3.05, 3.63) is 95.6 Å². The first-order valence-corrected chi connectivity index (χ1v) is 44.4. The number of aliphatic hydroxyl groups excluding tert-OH is 3. The molecular weight excluding hydrogens is 1800 g/mol. The summed E-state index contributed by atoms with van der Waals surface area (Å²) in [5, 5.41) is 126. The second-order valence-corrected chi connectivity index (χ2v) is 33.1. The van der Waals surface area contributed by atoms with Gasteiger partial charge in [0.15, 0.2) is 5.96 Å². The first-order chi connectivity index (χ1) is 64.9. The summed E-state index contributed by atoms with van der Waals surface area (Å²) in [5.74, 6) is -19.8. The number of phenols is 2. The highest BCUT2D eigenvalue weighted by molar-refractivity contribution is 6.02. The molecule has 0 bridgehead atoms. The van der Waals surface area contributed by atoms with Gasteiger partial charge in [0, 0.05) is 25.8 Å². The van der Waals surface area contributed by atoms with Crippen molar-refractivity contribution in [3.63, 3.8) is 0 Å². The molecule has 38 N–H and O–H groups in total. The number of nitrogens with two attached hydrogens (primary N) is 6. The number of benzene rings is 3. The Hall–Kier alpha value is -13.9. The first-order valence-electron chi connectivity index (χ1n) is 44.4. The standard InChI is InChI=1S/C86H134N24O27/c1-45(2)33-56(75(126)98-52(17-8-11-29-87)71(122)97-53(18-9-12-30-88)73(124)103-60(37-49-23-27-51(115)28-24-49)78(129)100-55(20-14-32-94-86(91)92)74(125)110-66(44-113)85(136)137)102-76(127)57(34-46(3)4)101-72(123)54(19-10-13-31-89)99-80(131)61(38-67(90)116)105-83(134)64(42-111)109-84(135)65(43-112)108-82(133)63(40-70(120)121)107-81(132)62(39-69(118)119)106-79(130)59(35-47-15-6-5-7-16-47)104-77(128)58(96-68(117)41-95-93)36-48-21-25-50(114)26-22-48/h5-7,15-16,21-28,45-46,52-66,95,111-115H,8-14,17-20,29-44,87-89,93H2,1-4H3,(H2,90,116)(H,96,117)(H,97,122)(H,98,126)(H,99,131)(H,100,129)(H,101,123)(H,102,127)(H,103,124)(H,104,128)(H,105,134)(H,106,130)(H,107,132)(H,108,133)(H,109,135)(H,110,125)(H,118,119)(H,120,121)(H,136,137)(H4,91,92,94)/t52?,53-,54-,55-,56-,57?,58?,59-,60?,61?,62?,63-,64-,65?,66?/m0/s1. The molecule has 0 saturated heterocycles. The number of amides is 16. The number of primary amides is 1. The maximum atomic E-state index is 14.8. The molecule has 0 aliphatic heterocycles. The fourth-order valence-electron chi connectivity index (χ4n) is 13.6. The molecule has 15 atom stereocenters. The molecule has 0 heterocycles. The number of unbranched alkanes of at least 4 members (excludes halogenated alkanes) is 3. The Bertz CT molecular complexity index is 4500. The van der Waals surface area contributed by atoms with Crippen LogP contribution in [0.2, 0.25) is 0 Å². The van der Waals surface area contributed by atoms with Gasteiger partial charge in [-0.2, -0.15) is 0 Å². The van der Waals surface area contributed by atoms with Gasteiger partial charge in [0.05, 0.1) is 45.6 Å². The monoisotopic (exact) mass is 1930 g/mol. The van der Waals surface area contributed by atoms with E-state index in [4.69, 9.17) is 39.9 Å². The van der Waals surface area contributed by atoms with Crippen LogP contribution in [0.1, 0.15) is 147 Å². The predicted molar refractivity (Wildman–Crippen MR) is 489 cm³/mol. The molecule has 0 radical (unpaired) electrons. The maximum Gasteiger partial charge on any atom is 0.328 e. The van der Waals surface area contributed by atoms with Crippen LogP contribution in [0.3, 0.4) is 0 Å². The van der Waals surface area contributed by atoms with Gasteiger partial charge in [-0.1, -0.05) is 82.3 Å². The van der Waals surface area contributed by atoms with Crippen LogP contribution < -0.4 is 125 Å². The number of rotatable bonds is 67. The minimum atomic E-state index is -2.29. The van der Waals surface area contributed by atoms with Gasteiger partial charge in [-0.15, -0.1) is 0 Å². The zero-order chi connectivity index (χ0) is 103. The number of carboxylic acids is 3. The molecule has 3 aromatic carbocycles. The number of aliphatic hydroxyl groups is 3. The van der Waals surface area contributed by atoms with E-state index in [1.165, 1.54) is 48.5 Å². The molecule has 0 saturated carbocycles. The number of guanidine groups is 1. The van der Waals surface area contributed by atoms with Crippen molar-refractivity contribution < 1.29 is 132 Å². The summed E-state index contributed by atoms with van der Waals surface area (Å²) in [7, 11) is 0. The molecule has 16 amide bonds. The highest BCUT2D eigenvalue weighted by Crippen LogP contribution is 2.19. The van der Waals surface area contributed by atoms with E-state index in [9.17, 15) is 132 Å². The summed E-state index contributed by atoms with van der Waals surface area (Å²) >= 11 is 0. The summed E-state index contributed by atoms with van der Waals surface area (Å²) in [4.78, 5) is 262. The van der Waals surface area contributed by atoms with Crippen LogP contribution >= 0.6 is 0 Å². The number of phenolic OH excluding ortho intramolecular Hbond substituents is 2. The molecule has 51 heteroatoms. The fourth-order valence-corrected chi connectivity index (χ4v) is 13.6. The van der Waals surface area contributed by atoms with Crippen LogP contribution in [0.25, 0.3) is 0 Å². The van der Waals surface area contributed by atoms with E-state index in [2.05, 4.69) is 74.5 Å². The summed E-state index contributed by atoms with van der Waals surface area (Å²) in [6, 6.07) is -7.69. The highest BCUT2D eigenvalue weighted by atomic mass is 16.4. The minimum Gasteiger partial charge on any atom is -0.508 e. The zero-order valence-corrected chi connectivity index (χ0v) is 76.7. The second-order valence-electron chi connectivity index (χ2n) is 33.1. The molecule has 137 heavy (non-hydrogen) atoms. The molecule has 3 aromatic rings. The SMILES string of the molecule is CC(C)CC(NC(=O)[C@H](CCCCN)NC(=O)C(CC(N)=O)NC(=O)[C@H](CO)NC(=O)C(CO)NC(=O)[C@H](CC(=O)O)NC(=O)C(CC(=O)O)NC(=O)[C@H](Cc1ccccc1)NC(=O)C(Cc1ccc(O)cc1)NC(=O)CNN)C(=O)N[C@@H](CC(C)C)C(=O)NC(CCCCN)C(=O)N[C@@H](CCCCN)C(=O)NC(Cc1ccc(O)cc1)C(=O)N[C@@H](CCCNC(=N)N)C(=O)NC(CO)C(=O)O. The molecule has 3 rings (SSSR count). The summed E-state index contributed by atoms with van der Waals surface area (Å²) < 4.78 is 0. The number of hydrogen-bond donors (Lipinski definition) is 32. The van der Waals surface area contributed by atoms with E-state index in [0.717, 1.165) is 0 Å². The molecule has 0 aromatic heterocycles. The number of carboxylic acid groups (broad SMARTS) is 3. The summed E-state index contributed by atoms with van der Waals surface area (Å²) in [5.41, 5.74) is 31.8. The van der Waals surface area contributed by atoms with Gasteiger partial charge in [-0.25, -0.2) is 4.79 Å². The second kappa shape index (κ2) is 62.7. The highest BCUT2D eigenvalue weighted by Gasteiger charge is 2.40. The van der Waals surface area contributed by atoms with Crippen LogP contribution in [0, 0.1) is 17.2 Å². The topological polar surface area (TPSA) is 871 Å². The van der Waals surface area contributed by atoms with E-state index in [-0.39, 0.29) is 133 Å². The first kappa shape index (κ1) is 117. The van der Waals surface area contributed by atoms with Crippen molar-refractivity contribution >= 4 is 118 Å². The van der Waals surface area contributed by atoms with Crippen LogP contribution in [0.5, 0.6) is 11.5 Å². The lowest BCUT2D eigenvalue weighted by atomic mass is 9.98. The van der Waals surface area contributed by atoms with Crippen molar-refractivity contribution in [3.8, 4) is 11.5 Å². The predicted octanol–water partition coefficient (Wildman–Crippen LogP) is -9.51. The van der Waals surface area contributed by atoms with E-state index in [1.54, 1.807) is 58.0 Å². The van der Waals surface area contributed by atoms with Gasteiger partial charge < -0.3 is 155 Å². The van der Waals surface area contributed by atoms with E-state index < -0.39 is 261 Å². The van der Waals surface area contributed by atoms with Crippen molar-refractivity contribution in [1.82, 2.24) is 90.5 Å². The third kappa shape index (κ3) is 45.4. The number of aliphatic carboxylic acids is 3. The lowest BCUT2D eigenvalue weighted by Gasteiger charge is -2.29. The van der Waals surface area contributed by atoms with E-state index in [1.807, 2.05) is 16.0 Å². The number of carbonyl (C=O) groups is 19.